The van der Waals surface area contributed by atoms with Gasteiger partial charge in [-0.05, 0) is 206 Å². The number of aliphatic hydroxyl groups is 2. The Morgan fingerprint density at radius 2 is 0.447 bits per heavy atom. The molecule has 0 radical (unpaired) electrons. The number of aliphatic hydroxyl groups excluding tert-OH is 2. The molecule has 684 valence electrons. The summed E-state index contributed by atoms with van der Waals surface area (Å²) in [4.78, 5) is 31.3. The Bertz CT molecular complexity index is 1760. The van der Waals surface area contributed by atoms with Gasteiger partial charge in [-0.3, -0.25) is 9.59 Å². The minimum Gasteiger partial charge on any atom is -0.465 e. The summed E-state index contributed by atoms with van der Waals surface area (Å²) in [6, 6.07) is 2.48. The van der Waals surface area contributed by atoms with Crippen molar-refractivity contribution in [3.63, 3.8) is 0 Å². The molecule has 0 aliphatic carbocycles. The second kappa shape index (κ2) is 91.3. The maximum absolute atomic E-state index is 13.0. The van der Waals surface area contributed by atoms with E-state index in [2.05, 4.69) is 91.4 Å². The van der Waals surface area contributed by atoms with Gasteiger partial charge in [0.2, 0.25) is 0 Å². The van der Waals surface area contributed by atoms with Crippen LogP contribution in [0.5, 0.6) is 0 Å². The topological polar surface area (TPSA) is 136 Å². The molecule has 0 aliphatic heterocycles. The number of esters is 2. The van der Waals surface area contributed by atoms with Crippen molar-refractivity contribution in [1.29, 1.82) is 0 Å². The molecule has 0 saturated carbocycles. The molecule has 114 heavy (non-hydrogen) atoms. The van der Waals surface area contributed by atoms with E-state index in [1.807, 2.05) is 0 Å². The van der Waals surface area contributed by atoms with E-state index in [4.69, 9.17) is 27.8 Å². The van der Waals surface area contributed by atoms with Gasteiger partial charge in [-0.15, -0.1) is 0 Å². The van der Waals surface area contributed by atoms with Crippen LogP contribution in [0.1, 0.15) is 492 Å². The Balaban J connectivity index is 0. The Morgan fingerprint density at radius 3 is 0.719 bits per heavy atom. The molecule has 0 aromatic rings. The van der Waals surface area contributed by atoms with Crippen LogP contribution in [-0.4, -0.2) is 140 Å². The van der Waals surface area contributed by atoms with E-state index >= 15 is 0 Å². The number of carbonyl (C=O) groups is 2. The first-order valence-electron chi connectivity index (χ1n) is 51.2. The third kappa shape index (κ3) is 83.3. The van der Waals surface area contributed by atoms with Gasteiger partial charge in [0.05, 0.1) is 25.0 Å². The maximum atomic E-state index is 13.0. The Hall–Kier alpha value is -0.946. The SMILES string of the molecule is CCCCCCCCOC(CCCCCN(CCCCO)CCCCCCOC(=O)C(CCCCCC)CCCCCCCC)O[Si](C)(C)CCCCCCCC.CCCCCCCCOC(CCCCCN(CCCCO)CCCCCCOC(=O)C(CCCCCC)CCCCCCCC)O[Si](C)(C)CCCCCCCC. The van der Waals surface area contributed by atoms with E-state index in [-0.39, 0.29) is 49.6 Å². The predicted octanol–water partition coefficient (Wildman–Crippen LogP) is 30.7. The van der Waals surface area contributed by atoms with Crippen LogP contribution in [0.4, 0.5) is 0 Å². The van der Waals surface area contributed by atoms with Crippen molar-refractivity contribution in [2.24, 2.45) is 11.8 Å². The van der Waals surface area contributed by atoms with E-state index < -0.39 is 16.6 Å². The lowest BCUT2D eigenvalue weighted by Gasteiger charge is -2.30. The molecule has 0 spiro atoms. The molecule has 0 heterocycles. The molecule has 12 nitrogen and oxygen atoms in total. The highest BCUT2D eigenvalue weighted by Gasteiger charge is 2.29. The molecule has 2 N–H and O–H groups in total. The molecule has 0 saturated heterocycles. The predicted molar refractivity (Wildman–Crippen MR) is 502 cm³/mol. The van der Waals surface area contributed by atoms with Crippen LogP contribution in [0.2, 0.25) is 38.3 Å². The van der Waals surface area contributed by atoms with Crippen LogP contribution < -0.4 is 0 Å². The van der Waals surface area contributed by atoms with Crippen molar-refractivity contribution in [1.82, 2.24) is 9.80 Å². The van der Waals surface area contributed by atoms with Crippen molar-refractivity contribution in [2.45, 2.75) is 543 Å². The first-order valence-corrected chi connectivity index (χ1v) is 57.5. The third-order valence-corrected chi connectivity index (χ3v) is 28.8. The first-order chi connectivity index (χ1) is 55.7. The number of rotatable bonds is 94. The van der Waals surface area contributed by atoms with Gasteiger partial charge < -0.3 is 47.8 Å². The lowest BCUT2D eigenvalue weighted by atomic mass is 9.94. The molecule has 14 heteroatoms. The molecule has 0 amide bonds. The second-order valence-corrected chi connectivity index (χ2v) is 45.0. The number of unbranched alkanes of at least 4 members (excludes halogenated alkanes) is 48. The Morgan fingerprint density at radius 1 is 0.246 bits per heavy atom. The smallest absolute Gasteiger partial charge is 0.308 e. The van der Waals surface area contributed by atoms with Crippen molar-refractivity contribution < 1.29 is 47.6 Å². The van der Waals surface area contributed by atoms with Crippen molar-refractivity contribution in [2.75, 3.05) is 78.9 Å². The van der Waals surface area contributed by atoms with Crippen molar-refractivity contribution >= 4 is 28.6 Å². The molecular formula is C100H206N2O10Si2. The maximum Gasteiger partial charge on any atom is 0.308 e. The average molecular weight is 1650 g/mol. The molecule has 0 aromatic heterocycles. The van der Waals surface area contributed by atoms with Crippen molar-refractivity contribution in [3.8, 4) is 0 Å². The summed E-state index contributed by atoms with van der Waals surface area (Å²) in [7, 11) is -3.52. The standard InChI is InChI=1S/2C50H103NO5Si/c2*1-7-11-15-19-22-29-39-48(38-28-18-14-10-4)50(53)55-46-36-25-23-31-41-51(43-33-34-44-52)42-32-27-30-40-49(54-45-35-24-20-16-12-8-2)56-57(5,6)47-37-26-21-17-13-9-3/h2*48-49,52H,7-47H2,1-6H3. The number of ether oxygens (including phenoxy) is 4. The summed E-state index contributed by atoms with van der Waals surface area (Å²) in [5, 5.41) is 18.8. The van der Waals surface area contributed by atoms with Gasteiger partial charge in [-0.1, -0.05) is 364 Å². The molecule has 0 fully saturated rings. The fourth-order valence-electron chi connectivity index (χ4n) is 16.2. The van der Waals surface area contributed by atoms with Gasteiger partial charge in [-0.25, -0.2) is 0 Å². The fourth-order valence-corrected chi connectivity index (χ4v) is 20.4. The molecule has 4 atom stereocenters. The second-order valence-electron chi connectivity index (χ2n) is 36.5. The van der Waals surface area contributed by atoms with Crippen LogP contribution >= 0.6 is 0 Å². The summed E-state index contributed by atoms with van der Waals surface area (Å²) < 4.78 is 38.3. The van der Waals surface area contributed by atoms with Gasteiger partial charge >= 0.3 is 11.9 Å². The highest BCUT2D eigenvalue weighted by atomic mass is 28.4. The Labute approximate surface area is 715 Å². The number of carbonyl (C=O) groups excluding carboxylic acids is 2. The summed E-state index contributed by atoms with van der Waals surface area (Å²) >= 11 is 0. The van der Waals surface area contributed by atoms with E-state index in [0.29, 0.717) is 13.2 Å². The normalized spacial score (nSPS) is 13.1. The molecule has 0 bridgehead atoms. The molecule has 0 aliphatic rings. The van der Waals surface area contributed by atoms with Crippen LogP contribution in [0, 0.1) is 11.8 Å². The largest absolute Gasteiger partial charge is 0.465 e. The van der Waals surface area contributed by atoms with E-state index in [1.165, 1.54) is 307 Å². The van der Waals surface area contributed by atoms with Crippen LogP contribution in [0.15, 0.2) is 0 Å². The highest BCUT2D eigenvalue weighted by Crippen LogP contribution is 2.28. The monoisotopic (exact) mass is 1650 g/mol. The molecule has 0 rings (SSSR count). The molecule has 0 aromatic carbocycles. The summed E-state index contributed by atoms with van der Waals surface area (Å²) in [5.41, 5.74) is 0. The third-order valence-electron chi connectivity index (χ3n) is 23.9. The minimum atomic E-state index is -1.76. The van der Waals surface area contributed by atoms with Gasteiger partial charge in [0.1, 0.15) is 12.6 Å². The van der Waals surface area contributed by atoms with E-state index in [1.54, 1.807) is 0 Å². The minimum absolute atomic E-state index is 0.0423. The lowest BCUT2D eigenvalue weighted by molar-refractivity contribution is -0.150. The van der Waals surface area contributed by atoms with Gasteiger partial charge in [-0.2, -0.15) is 0 Å². The zero-order chi connectivity index (χ0) is 83.8. The molecule has 4 unspecified atom stereocenters. The zero-order valence-corrected chi connectivity index (χ0v) is 81.3. The number of nitrogens with zero attached hydrogens (tertiary/aromatic N) is 2. The number of hydrogen-bond donors (Lipinski definition) is 2. The quantitative estimate of drug-likeness (QED) is 0.0260. The highest BCUT2D eigenvalue weighted by molar-refractivity contribution is 6.71. The van der Waals surface area contributed by atoms with Gasteiger partial charge in [0.25, 0.3) is 0 Å². The lowest BCUT2D eigenvalue weighted by Crippen LogP contribution is -2.37. The van der Waals surface area contributed by atoms with Crippen LogP contribution in [0.3, 0.4) is 0 Å². The van der Waals surface area contributed by atoms with E-state index in [9.17, 15) is 19.8 Å². The van der Waals surface area contributed by atoms with E-state index in [0.717, 1.165) is 194 Å². The fraction of sp³-hybridized carbons (Fsp3) is 0.980. The first kappa shape index (κ1) is 115. The zero-order valence-electron chi connectivity index (χ0n) is 79.3. The summed E-state index contributed by atoms with van der Waals surface area (Å²) in [5.74, 6) is 0.327. The average Bonchev–Trinajstić information content (AvgIpc) is 0.905. The molecular weight excluding hydrogens is 1450 g/mol. The van der Waals surface area contributed by atoms with Crippen molar-refractivity contribution in [3.05, 3.63) is 0 Å². The van der Waals surface area contributed by atoms with Gasteiger partial charge in [0.15, 0.2) is 16.6 Å². The number of hydrogen-bond acceptors (Lipinski definition) is 12. The summed E-state index contributed by atoms with van der Waals surface area (Å²) in [6.07, 6.45) is 82.5. The van der Waals surface area contributed by atoms with Crippen LogP contribution in [0.25, 0.3) is 0 Å². The Kier molecular flexibility index (Phi) is 92.1. The van der Waals surface area contributed by atoms with Crippen LogP contribution in [-0.2, 0) is 37.4 Å². The van der Waals surface area contributed by atoms with Gasteiger partial charge in [0, 0.05) is 26.4 Å². The summed E-state index contributed by atoms with van der Waals surface area (Å²) in [6.45, 7) is 37.8.